The summed E-state index contributed by atoms with van der Waals surface area (Å²) >= 11 is 1.81. The zero-order valence-electron chi connectivity index (χ0n) is 11.2. The monoisotopic (exact) mass is 265 g/mol. The van der Waals surface area contributed by atoms with Crippen molar-refractivity contribution in [3.8, 4) is 0 Å². The first-order valence-corrected chi connectivity index (χ1v) is 8.10. The van der Waals surface area contributed by atoms with Gasteiger partial charge in [-0.15, -0.1) is 11.3 Å². The van der Waals surface area contributed by atoms with Crippen LogP contribution in [0.5, 0.6) is 0 Å². The van der Waals surface area contributed by atoms with E-state index in [1.807, 2.05) is 11.3 Å². The molecule has 0 bridgehead atoms. The van der Waals surface area contributed by atoms with Crippen LogP contribution in [0.4, 0.5) is 0 Å². The van der Waals surface area contributed by atoms with Gasteiger partial charge in [-0.1, -0.05) is 6.42 Å². The van der Waals surface area contributed by atoms with E-state index in [1.165, 1.54) is 49.4 Å². The number of rotatable bonds is 5. The van der Waals surface area contributed by atoms with E-state index in [0.717, 1.165) is 25.2 Å². The van der Waals surface area contributed by atoms with Crippen molar-refractivity contribution in [2.75, 3.05) is 6.54 Å². The Kier molecular flexibility index (Phi) is 3.97. The number of thiazole rings is 1. The topological polar surface area (TPSA) is 28.2 Å². The second-order valence-corrected chi connectivity index (χ2v) is 6.65. The fourth-order valence-electron chi connectivity index (χ4n) is 2.62. The molecule has 2 aliphatic rings. The molecular formula is C14H23N3S. The molecule has 1 unspecified atom stereocenters. The van der Waals surface area contributed by atoms with E-state index >= 15 is 0 Å². The van der Waals surface area contributed by atoms with E-state index in [4.69, 9.17) is 4.98 Å². The number of piperidine rings is 1. The lowest BCUT2D eigenvalue weighted by Crippen LogP contribution is -2.36. The van der Waals surface area contributed by atoms with E-state index < -0.39 is 0 Å². The lowest BCUT2D eigenvalue weighted by Gasteiger charge is -2.32. The van der Waals surface area contributed by atoms with Crippen molar-refractivity contribution in [1.29, 1.82) is 0 Å². The standard InChI is InChI=1S/C14H23N3S/c1-11-4-2-3-7-17(11)9-13-10-18-14(16-13)8-15-12-5-6-12/h10-12,15H,2-9H2,1H3. The minimum Gasteiger partial charge on any atom is -0.308 e. The number of hydrogen-bond acceptors (Lipinski definition) is 4. The van der Waals surface area contributed by atoms with Crippen molar-refractivity contribution in [2.45, 2.75) is 64.2 Å². The third-order valence-electron chi connectivity index (χ3n) is 4.02. The summed E-state index contributed by atoms with van der Waals surface area (Å²) in [5.41, 5.74) is 1.27. The summed E-state index contributed by atoms with van der Waals surface area (Å²) in [4.78, 5) is 7.33. The van der Waals surface area contributed by atoms with Crippen LogP contribution in [0.2, 0.25) is 0 Å². The van der Waals surface area contributed by atoms with Gasteiger partial charge in [0, 0.05) is 30.6 Å². The minimum atomic E-state index is 0.730. The number of aromatic nitrogens is 1. The van der Waals surface area contributed by atoms with Gasteiger partial charge in [0.25, 0.3) is 0 Å². The maximum atomic E-state index is 4.75. The Bertz CT molecular complexity index is 386. The first kappa shape index (κ1) is 12.6. The minimum absolute atomic E-state index is 0.730. The molecule has 1 aromatic heterocycles. The summed E-state index contributed by atoms with van der Waals surface area (Å²) in [7, 11) is 0. The lowest BCUT2D eigenvalue weighted by atomic mass is 10.0. The number of nitrogens with zero attached hydrogens (tertiary/aromatic N) is 2. The molecule has 100 valence electrons. The van der Waals surface area contributed by atoms with Gasteiger partial charge in [-0.05, 0) is 39.2 Å². The molecule has 3 rings (SSSR count). The predicted octanol–water partition coefficient (Wildman–Crippen LogP) is 2.77. The van der Waals surface area contributed by atoms with Crippen LogP contribution in [0.1, 0.15) is 49.7 Å². The summed E-state index contributed by atoms with van der Waals surface area (Å²) in [6, 6.07) is 1.51. The van der Waals surface area contributed by atoms with E-state index in [0.29, 0.717) is 0 Å². The summed E-state index contributed by atoms with van der Waals surface area (Å²) in [6.45, 7) is 5.60. The zero-order valence-corrected chi connectivity index (χ0v) is 12.0. The molecule has 2 fully saturated rings. The molecule has 0 aromatic carbocycles. The maximum Gasteiger partial charge on any atom is 0.107 e. The average molecular weight is 265 g/mol. The van der Waals surface area contributed by atoms with Gasteiger partial charge in [-0.3, -0.25) is 4.90 Å². The first-order chi connectivity index (χ1) is 8.81. The quantitative estimate of drug-likeness (QED) is 0.887. The largest absolute Gasteiger partial charge is 0.308 e. The van der Waals surface area contributed by atoms with Crippen LogP contribution >= 0.6 is 11.3 Å². The molecule has 3 nitrogen and oxygen atoms in total. The normalized spacial score (nSPS) is 25.5. The molecule has 0 spiro atoms. The summed E-state index contributed by atoms with van der Waals surface area (Å²) in [5, 5.41) is 7.03. The number of hydrogen-bond donors (Lipinski definition) is 1. The van der Waals surface area contributed by atoms with E-state index in [1.54, 1.807) is 0 Å². The van der Waals surface area contributed by atoms with Crippen LogP contribution in [0.15, 0.2) is 5.38 Å². The fraction of sp³-hybridized carbons (Fsp3) is 0.786. The third-order valence-corrected chi connectivity index (χ3v) is 4.92. The molecule has 0 amide bonds. The van der Waals surface area contributed by atoms with Gasteiger partial charge in [0.2, 0.25) is 0 Å². The summed E-state index contributed by atoms with van der Waals surface area (Å²) in [5.74, 6) is 0. The maximum absolute atomic E-state index is 4.75. The molecule has 0 radical (unpaired) electrons. The molecule has 1 aliphatic carbocycles. The van der Waals surface area contributed by atoms with Gasteiger partial charge < -0.3 is 5.32 Å². The number of nitrogens with one attached hydrogen (secondary N) is 1. The van der Waals surface area contributed by atoms with Gasteiger partial charge in [-0.25, -0.2) is 4.98 Å². The van der Waals surface area contributed by atoms with Crippen molar-refractivity contribution in [3.63, 3.8) is 0 Å². The van der Waals surface area contributed by atoms with Crippen LogP contribution < -0.4 is 5.32 Å². The first-order valence-electron chi connectivity index (χ1n) is 7.22. The number of likely N-dealkylation sites (tertiary alicyclic amines) is 1. The molecular weight excluding hydrogens is 242 g/mol. The van der Waals surface area contributed by atoms with Gasteiger partial charge in [0.05, 0.1) is 5.69 Å². The highest BCUT2D eigenvalue weighted by atomic mass is 32.1. The van der Waals surface area contributed by atoms with Crippen LogP contribution in [0, 0.1) is 0 Å². The van der Waals surface area contributed by atoms with E-state index in [-0.39, 0.29) is 0 Å². The highest BCUT2D eigenvalue weighted by Gasteiger charge is 2.21. The summed E-state index contributed by atoms with van der Waals surface area (Å²) < 4.78 is 0. The summed E-state index contributed by atoms with van der Waals surface area (Å²) in [6.07, 6.45) is 6.79. The van der Waals surface area contributed by atoms with Crippen LogP contribution in [-0.2, 0) is 13.1 Å². The molecule has 4 heteroatoms. The van der Waals surface area contributed by atoms with E-state index in [9.17, 15) is 0 Å². The Morgan fingerprint density at radius 2 is 2.28 bits per heavy atom. The van der Waals surface area contributed by atoms with Crippen molar-refractivity contribution in [1.82, 2.24) is 15.2 Å². The highest BCUT2D eigenvalue weighted by Crippen LogP contribution is 2.22. The fourth-order valence-corrected chi connectivity index (χ4v) is 3.36. The van der Waals surface area contributed by atoms with Crippen molar-refractivity contribution >= 4 is 11.3 Å². The molecule has 1 atom stereocenters. The van der Waals surface area contributed by atoms with Crippen LogP contribution in [-0.4, -0.2) is 28.5 Å². The van der Waals surface area contributed by atoms with Gasteiger partial charge in [0.1, 0.15) is 5.01 Å². The van der Waals surface area contributed by atoms with Gasteiger partial charge in [0.15, 0.2) is 0 Å². The molecule has 1 aliphatic heterocycles. The molecule has 18 heavy (non-hydrogen) atoms. The second kappa shape index (κ2) is 5.68. The average Bonchev–Trinajstić information content (AvgIpc) is 3.10. The van der Waals surface area contributed by atoms with Crippen molar-refractivity contribution in [3.05, 3.63) is 16.1 Å². The van der Waals surface area contributed by atoms with Gasteiger partial charge in [-0.2, -0.15) is 0 Å². The Labute approximate surface area is 114 Å². The molecule has 1 aromatic rings. The van der Waals surface area contributed by atoms with Crippen LogP contribution in [0.25, 0.3) is 0 Å². The zero-order chi connectivity index (χ0) is 12.4. The van der Waals surface area contributed by atoms with Crippen molar-refractivity contribution in [2.24, 2.45) is 0 Å². The lowest BCUT2D eigenvalue weighted by molar-refractivity contribution is 0.151. The Morgan fingerprint density at radius 1 is 1.39 bits per heavy atom. The molecule has 2 heterocycles. The second-order valence-electron chi connectivity index (χ2n) is 5.70. The third kappa shape index (κ3) is 3.31. The molecule has 1 saturated carbocycles. The predicted molar refractivity (Wildman–Crippen MR) is 75.7 cm³/mol. The van der Waals surface area contributed by atoms with Crippen molar-refractivity contribution < 1.29 is 0 Å². The van der Waals surface area contributed by atoms with Gasteiger partial charge >= 0.3 is 0 Å². The Hall–Kier alpha value is -0.450. The SMILES string of the molecule is CC1CCCCN1Cc1csc(CNC2CC2)n1. The highest BCUT2D eigenvalue weighted by molar-refractivity contribution is 7.09. The molecule has 1 saturated heterocycles. The Morgan fingerprint density at radius 3 is 3.06 bits per heavy atom. The van der Waals surface area contributed by atoms with Crippen LogP contribution in [0.3, 0.4) is 0 Å². The Balaban J connectivity index is 1.51. The smallest absolute Gasteiger partial charge is 0.107 e. The molecule has 1 N–H and O–H groups in total. The van der Waals surface area contributed by atoms with E-state index in [2.05, 4.69) is 22.5 Å².